The summed E-state index contributed by atoms with van der Waals surface area (Å²) in [4.78, 5) is 31.1. The molecule has 7 nitrogen and oxygen atoms in total. The second-order valence-electron chi connectivity index (χ2n) is 7.19. The molecule has 3 aromatic carbocycles. The topological polar surface area (TPSA) is 110 Å². The highest BCUT2D eigenvalue weighted by molar-refractivity contribution is 6.14. The van der Waals surface area contributed by atoms with Crippen LogP contribution in [0, 0.1) is 0 Å². The van der Waals surface area contributed by atoms with Gasteiger partial charge in [-0.15, -0.1) is 0 Å². The van der Waals surface area contributed by atoms with E-state index in [1.807, 2.05) is 66.7 Å². The molecule has 1 aromatic heterocycles. The van der Waals surface area contributed by atoms with Crippen LogP contribution in [0.5, 0.6) is 0 Å². The average molecular weight is 426 g/mol. The summed E-state index contributed by atoms with van der Waals surface area (Å²) in [7, 11) is 1.36. The zero-order chi connectivity index (χ0) is 22.5. The molecule has 0 bridgehead atoms. The van der Waals surface area contributed by atoms with Crippen molar-refractivity contribution in [2.24, 2.45) is 10.7 Å². The number of fused-ring (bicyclic) bond motifs is 1. The van der Waals surface area contributed by atoms with E-state index < -0.39 is 6.03 Å². The fraction of sp³-hybridized carbons (Fsp3) is 0.0800. The lowest BCUT2D eigenvalue weighted by molar-refractivity contribution is 0.0601. The smallest absolute Gasteiger partial charge is 0.337 e. The Labute approximate surface area is 184 Å². The quantitative estimate of drug-likeness (QED) is 0.316. The number of aromatic amines is 1. The molecule has 4 rings (SSSR count). The molecule has 160 valence electrons. The van der Waals surface area contributed by atoms with Gasteiger partial charge in [-0.25, -0.2) is 14.6 Å². The van der Waals surface area contributed by atoms with Crippen LogP contribution < -0.4 is 11.1 Å². The number of primary amides is 1. The highest BCUT2D eigenvalue weighted by Crippen LogP contribution is 2.23. The van der Waals surface area contributed by atoms with Gasteiger partial charge in [0, 0.05) is 23.0 Å². The Balaban J connectivity index is 1.73. The Kier molecular flexibility index (Phi) is 5.98. The van der Waals surface area contributed by atoms with Gasteiger partial charge in [-0.1, -0.05) is 48.5 Å². The van der Waals surface area contributed by atoms with E-state index in [1.165, 1.54) is 7.11 Å². The van der Waals surface area contributed by atoms with Gasteiger partial charge < -0.3 is 20.8 Å². The van der Waals surface area contributed by atoms with Gasteiger partial charge >= 0.3 is 12.0 Å². The van der Waals surface area contributed by atoms with Gasteiger partial charge in [-0.3, -0.25) is 0 Å². The maximum atomic E-state index is 11.9. The molecule has 0 radical (unpaired) electrons. The number of nitrogens with zero attached hydrogens (tertiary/aromatic N) is 1. The van der Waals surface area contributed by atoms with Crippen molar-refractivity contribution in [2.45, 2.75) is 6.54 Å². The Morgan fingerprint density at radius 1 is 0.969 bits per heavy atom. The van der Waals surface area contributed by atoms with E-state index in [1.54, 1.807) is 12.1 Å². The third kappa shape index (κ3) is 4.67. The molecule has 0 saturated heterocycles. The van der Waals surface area contributed by atoms with Crippen molar-refractivity contribution in [2.75, 3.05) is 7.11 Å². The van der Waals surface area contributed by atoms with Crippen LogP contribution in [0.25, 0.3) is 10.9 Å². The first kappa shape index (κ1) is 20.9. The van der Waals surface area contributed by atoms with Gasteiger partial charge in [0.1, 0.15) is 0 Å². The van der Waals surface area contributed by atoms with Gasteiger partial charge in [-0.2, -0.15) is 0 Å². The number of rotatable bonds is 6. The van der Waals surface area contributed by atoms with Crippen molar-refractivity contribution in [1.29, 1.82) is 0 Å². The van der Waals surface area contributed by atoms with E-state index >= 15 is 0 Å². The van der Waals surface area contributed by atoms with Crippen molar-refractivity contribution >= 4 is 34.3 Å². The number of carbonyl (C=O) groups is 2. The number of methoxy groups -OCH3 is 1. The van der Waals surface area contributed by atoms with E-state index in [-0.39, 0.29) is 5.97 Å². The van der Waals surface area contributed by atoms with Crippen LogP contribution in [0.3, 0.4) is 0 Å². The van der Waals surface area contributed by atoms with Gasteiger partial charge in [0.25, 0.3) is 0 Å². The Morgan fingerprint density at radius 3 is 2.41 bits per heavy atom. The zero-order valence-electron chi connectivity index (χ0n) is 17.5. The summed E-state index contributed by atoms with van der Waals surface area (Å²) in [5, 5.41) is 3.53. The summed E-state index contributed by atoms with van der Waals surface area (Å²) in [6, 6.07) is 24.3. The molecule has 2 amide bonds. The molecular weight excluding hydrogens is 404 g/mol. The first-order chi connectivity index (χ1) is 15.5. The predicted octanol–water partition coefficient (Wildman–Crippen LogP) is 4.29. The van der Waals surface area contributed by atoms with Gasteiger partial charge in [-0.05, 0) is 35.9 Å². The summed E-state index contributed by atoms with van der Waals surface area (Å²) in [5.74, 6) is -0.383. The minimum Gasteiger partial charge on any atom is -0.465 e. The molecule has 32 heavy (non-hydrogen) atoms. The highest BCUT2D eigenvalue weighted by Gasteiger charge is 2.13. The van der Waals surface area contributed by atoms with Crippen molar-refractivity contribution < 1.29 is 14.3 Å². The molecule has 0 spiro atoms. The first-order valence-corrected chi connectivity index (χ1v) is 10.0. The monoisotopic (exact) mass is 426 g/mol. The van der Waals surface area contributed by atoms with E-state index in [0.29, 0.717) is 12.1 Å². The number of esters is 1. The van der Waals surface area contributed by atoms with Crippen LogP contribution >= 0.6 is 0 Å². The van der Waals surface area contributed by atoms with Gasteiger partial charge in [0.2, 0.25) is 0 Å². The molecule has 0 unspecified atom stereocenters. The van der Waals surface area contributed by atoms with Crippen molar-refractivity contribution in [3.8, 4) is 0 Å². The Hall–Kier alpha value is -4.39. The third-order valence-corrected chi connectivity index (χ3v) is 4.99. The van der Waals surface area contributed by atoms with Crippen LogP contribution in [0.4, 0.5) is 10.5 Å². The maximum absolute atomic E-state index is 11.9. The fourth-order valence-electron chi connectivity index (χ4n) is 3.38. The molecule has 0 aliphatic rings. The highest BCUT2D eigenvalue weighted by atomic mass is 16.5. The number of hydrogen-bond acceptors (Lipinski definition) is 4. The van der Waals surface area contributed by atoms with E-state index in [4.69, 9.17) is 15.5 Å². The van der Waals surface area contributed by atoms with Crippen LogP contribution in [0.2, 0.25) is 0 Å². The lowest BCUT2D eigenvalue weighted by Crippen LogP contribution is -2.28. The number of aromatic nitrogens is 1. The number of amides is 2. The van der Waals surface area contributed by atoms with E-state index in [2.05, 4.69) is 10.3 Å². The normalized spacial score (nSPS) is 11.3. The average Bonchev–Trinajstić information content (AvgIpc) is 3.25. The van der Waals surface area contributed by atoms with Crippen molar-refractivity contribution in [3.05, 3.63) is 101 Å². The SMILES string of the molecule is COC(=O)c1ccc2cc(C(=Nc3ccc(CNC(N)=O)cc3)c3ccccc3)[nH]c2c1. The number of hydrogen-bond donors (Lipinski definition) is 3. The van der Waals surface area contributed by atoms with Crippen LogP contribution in [-0.4, -0.2) is 29.8 Å². The molecular formula is C25H22N4O3. The minimum atomic E-state index is -0.562. The number of aliphatic imine (C=N–C) groups is 1. The Bertz CT molecular complexity index is 1290. The molecule has 4 aromatic rings. The van der Waals surface area contributed by atoms with E-state index in [0.717, 1.165) is 39.1 Å². The van der Waals surface area contributed by atoms with Gasteiger partial charge in [0.15, 0.2) is 0 Å². The molecule has 0 fully saturated rings. The number of ether oxygens (including phenoxy) is 1. The lowest BCUT2D eigenvalue weighted by atomic mass is 10.1. The zero-order valence-corrected chi connectivity index (χ0v) is 17.5. The van der Waals surface area contributed by atoms with Crippen molar-refractivity contribution in [3.63, 3.8) is 0 Å². The van der Waals surface area contributed by atoms with Crippen LogP contribution in [0.1, 0.15) is 27.2 Å². The molecule has 0 saturated carbocycles. The number of carbonyl (C=O) groups excluding carboxylic acids is 2. The van der Waals surface area contributed by atoms with E-state index in [9.17, 15) is 9.59 Å². The molecule has 1 heterocycles. The molecule has 0 aliphatic heterocycles. The largest absolute Gasteiger partial charge is 0.465 e. The van der Waals surface area contributed by atoms with Crippen LogP contribution in [0.15, 0.2) is 83.9 Å². The molecule has 0 aliphatic carbocycles. The standard InChI is InChI=1S/C25H22N4O3/c1-32-24(30)19-10-9-18-13-22(29-21(18)14-19)23(17-5-3-2-4-6-17)28-20-11-7-16(8-12-20)15-27-25(26)31/h2-14,29H,15H2,1H3,(H3,26,27,31). The number of nitrogens with one attached hydrogen (secondary N) is 2. The number of urea groups is 1. The van der Waals surface area contributed by atoms with Crippen LogP contribution in [-0.2, 0) is 11.3 Å². The summed E-state index contributed by atoms with van der Waals surface area (Å²) in [5.41, 5.74) is 10.7. The molecule has 7 heteroatoms. The lowest BCUT2D eigenvalue weighted by Gasteiger charge is -2.07. The second kappa shape index (κ2) is 9.18. The summed E-state index contributed by atoms with van der Waals surface area (Å²) >= 11 is 0. The molecule has 0 atom stereocenters. The number of nitrogens with two attached hydrogens (primary N) is 1. The Morgan fingerprint density at radius 2 is 1.72 bits per heavy atom. The first-order valence-electron chi connectivity index (χ1n) is 10.0. The van der Waals surface area contributed by atoms with Gasteiger partial charge in [0.05, 0.1) is 29.8 Å². The summed E-state index contributed by atoms with van der Waals surface area (Å²) < 4.78 is 4.82. The predicted molar refractivity (Wildman–Crippen MR) is 124 cm³/mol. The fourth-order valence-corrected chi connectivity index (χ4v) is 3.38. The van der Waals surface area contributed by atoms with Crippen molar-refractivity contribution in [1.82, 2.24) is 10.3 Å². The molecule has 4 N–H and O–H groups in total. The third-order valence-electron chi connectivity index (χ3n) is 4.99. The number of H-pyrrole nitrogens is 1. The number of benzene rings is 3. The minimum absolute atomic E-state index is 0.357. The summed E-state index contributed by atoms with van der Waals surface area (Å²) in [6.45, 7) is 0.357. The maximum Gasteiger partial charge on any atom is 0.337 e. The summed E-state index contributed by atoms with van der Waals surface area (Å²) in [6.07, 6.45) is 0. The second-order valence-corrected chi connectivity index (χ2v) is 7.19.